The van der Waals surface area contributed by atoms with E-state index in [4.69, 9.17) is 0 Å². The van der Waals surface area contributed by atoms with Gasteiger partial charge in [-0.15, -0.1) is 0 Å². The molecule has 0 aromatic carbocycles. The Morgan fingerprint density at radius 2 is 1.89 bits per heavy atom. The summed E-state index contributed by atoms with van der Waals surface area (Å²) in [7, 11) is -6.00. The van der Waals surface area contributed by atoms with E-state index < -0.39 is 46.0 Å². The molecule has 0 bridgehead atoms. The van der Waals surface area contributed by atoms with E-state index in [2.05, 4.69) is 4.18 Å². The number of hydrogen-bond acceptors (Lipinski definition) is 7. The minimum Gasteiger partial charge on any atom is -0.548 e. The first kappa shape index (κ1) is 15.1. The molecule has 0 saturated heterocycles. The van der Waals surface area contributed by atoms with Gasteiger partial charge in [0.25, 0.3) is 0 Å². The van der Waals surface area contributed by atoms with E-state index in [1.54, 1.807) is 0 Å². The van der Waals surface area contributed by atoms with E-state index in [9.17, 15) is 41.4 Å². The molecule has 0 spiro atoms. The van der Waals surface area contributed by atoms with E-state index in [0.717, 1.165) is 0 Å². The molecule has 1 aliphatic rings. The average molecular weight is 303 g/mol. The number of rotatable bonds is 3. The fourth-order valence-corrected chi connectivity index (χ4v) is 1.69. The van der Waals surface area contributed by atoms with Crippen molar-refractivity contribution in [2.24, 2.45) is 0 Å². The van der Waals surface area contributed by atoms with Gasteiger partial charge in [-0.05, 0) is 6.08 Å². The first-order valence-corrected chi connectivity index (χ1v) is 5.76. The Morgan fingerprint density at radius 1 is 1.37 bits per heavy atom. The molecule has 0 aromatic rings. The molecule has 1 aliphatic heterocycles. The number of halogens is 3. The molecule has 1 unspecified atom stereocenters. The summed E-state index contributed by atoms with van der Waals surface area (Å²) in [4.78, 5) is 21.0. The van der Waals surface area contributed by atoms with Crippen LogP contribution in [0.1, 0.15) is 0 Å². The van der Waals surface area contributed by atoms with Crippen molar-refractivity contribution in [3.63, 3.8) is 0 Å². The van der Waals surface area contributed by atoms with Crippen LogP contribution >= 0.6 is 0 Å². The highest BCUT2D eigenvalue weighted by Crippen LogP contribution is 2.28. The molecule has 1 rings (SSSR count). The number of nitrogens with zero attached hydrogens (tertiary/aromatic N) is 1. The van der Waals surface area contributed by atoms with Crippen molar-refractivity contribution in [1.29, 1.82) is 0 Å². The normalized spacial score (nSPS) is 20.1. The number of hydrogen-bond donors (Lipinski definition) is 0. The molecule has 1 heterocycles. The summed E-state index contributed by atoms with van der Waals surface area (Å²) in [6.45, 7) is -1.02. The summed E-state index contributed by atoms with van der Waals surface area (Å²) in [6, 6.07) is -1.98. The van der Waals surface area contributed by atoms with Crippen molar-refractivity contribution in [3.05, 3.63) is 11.8 Å². The summed E-state index contributed by atoms with van der Waals surface area (Å²) in [6.07, 6.45) is -1.66. The number of carbonyl (C=O) groups excluding carboxylic acids is 2. The lowest BCUT2D eigenvalue weighted by atomic mass is 10.3. The molecule has 0 aliphatic carbocycles. The SMILES string of the molecule is O=C([O-])C1C=C(OS(=O)(=O)C(F)(F)F)CN1C(=O)[O-]. The second kappa shape index (κ2) is 4.60. The van der Waals surface area contributed by atoms with Crippen LogP contribution in [0.5, 0.6) is 0 Å². The van der Waals surface area contributed by atoms with Crippen LogP contribution < -0.4 is 10.2 Å². The van der Waals surface area contributed by atoms with Gasteiger partial charge in [0.15, 0.2) is 0 Å². The Hall–Kier alpha value is -1.98. The van der Waals surface area contributed by atoms with Crippen molar-refractivity contribution in [2.75, 3.05) is 6.54 Å². The van der Waals surface area contributed by atoms with Crippen molar-refractivity contribution in [1.82, 2.24) is 4.90 Å². The van der Waals surface area contributed by atoms with E-state index in [1.165, 1.54) is 0 Å². The Bertz CT molecular complexity index is 537. The van der Waals surface area contributed by atoms with Gasteiger partial charge in [-0.25, -0.2) is 0 Å². The van der Waals surface area contributed by atoms with Crippen LogP contribution in [0.2, 0.25) is 0 Å². The van der Waals surface area contributed by atoms with E-state index in [-0.39, 0.29) is 4.90 Å². The standard InChI is InChI=1S/C7H6F3NO7S/c8-7(9,10)19(16,17)18-3-1-4(5(12)13)11(2-3)6(14)15/h1,4H,2H2,(H,12,13)(H,14,15)/p-2. The number of carboxylic acids is 1. The van der Waals surface area contributed by atoms with Gasteiger partial charge in [-0.3, -0.25) is 0 Å². The Balaban J connectivity index is 2.97. The van der Waals surface area contributed by atoms with Gasteiger partial charge >= 0.3 is 15.6 Å². The summed E-state index contributed by atoms with van der Waals surface area (Å²) < 4.78 is 60.8. The van der Waals surface area contributed by atoms with Crippen molar-refractivity contribution < 1.29 is 45.6 Å². The average Bonchev–Trinajstić information content (AvgIpc) is 2.59. The van der Waals surface area contributed by atoms with Gasteiger partial charge in [0.2, 0.25) is 0 Å². The molecule has 1 amide bonds. The highest BCUT2D eigenvalue weighted by atomic mass is 32.2. The fraction of sp³-hybridized carbons (Fsp3) is 0.429. The van der Waals surface area contributed by atoms with Gasteiger partial charge in [-0.1, -0.05) is 0 Å². The highest BCUT2D eigenvalue weighted by Gasteiger charge is 2.49. The molecule has 0 N–H and O–H groups in total. The fourth-order valence-electron chi connectivity index (χ4n) is 1.20. The smallest absolute Gasteiger partial charge is 0.534 e. The van der Waals surface area contributed by atoms with Gasteiger partial charge in [0.05, 0.1) is 18.6 Å². The zero-order valence-corrected chi connectivity index (χ0v) is 9.53. The molecule has 1 atom stereocenters. The van der Waals surface area contributed by atoms with E-state index in [1.807, 2.05) is 0 Å². The Kier molecular flexibility index (Phi) is 3.65. The molecule has 19 heavy (non-hydrogen) atoms. The first-order chi connectivity index (χ1) is 8.45. The summed E-state index contributed by atoms with van der Waals surface area (Å²) in [5, 5.41) is 21.0. The number of carbonyl (C=O) groups is 2. The lowest BCUT2D eigenvalue weighted by Crippen LogP contribution is -2.51. The first-order valence-electron chi connectivity index (χ1n) is 4.35. The van der Waals surface area contributed by atoms with Gasteiger partial charge < -0.3 is 28.9 Å². The molecular weight excluding hydrogens is 299 g/mol. The molecule has 0 saturated carbocycles. The lowest BCUT2D eigenvalue weighted by molar-refractivity contribution is -0.313. The number of aliphatic carboxylic acids is 1. The Labute approximate surface area is 103 Å². The predicted octanol–water partition coefficient (Wildman–Crippen LogP) is -2.49. The zero-order valence-electron chi connectivity index (χ0n) is 8.71. The highest BCUT2D eigenvalue weighted by molar-refractivity contribution is 7.87. The number of amides is 1. The third kappa shape index (κ3) is 3.07. The summed E-state index contributed by atoms with van der Waals surface area (Å²) >= 11 is 0. The molecule has 8 nitrogen and oxygen atoms in total. The molecular formula is C7H4F3NO7S-2. The van der Waals surface area contributed by atoms with Crippen LogP contribution in [-0.2, 0) is 19.1 Å². The van der Waals surface area contributed by atoms with Crippen LogP contribution in [0, 0.1) is 0 Å². The molecule has 0 radical (unpaired) electrons. The maximum atomic E-state index is 12.0. The van der Waals surface area contributed by atoms with Crippen molar-refractivity contribution in [2.45, 2.75) is 11.6 Å². The minimum absolute atomic E-state index is 0.0383. The Morgan fingerprint density at radius 3 is 2.21 bits per heavy atom. The third-order valence-electron chi connectivity index (χ3n) is 1.98. The molecule has 0 fully saturated rings. The lowest BCUT2D eigenvalue weighted by Gasteiger charge is -2.26. The van der Waals surface area contributed by atoms with E-state index in [0.29, 0.717) is 6.08 Å². The maximum Gasteiger partial charge on any atom is 0.534 e. The second-order valence-corrected chi connectivity index (χ2v) is 4.81. The number of alkyl halides is 3. The van der Waals surface area contributed by atoms with Crippen LogP contribution in [-0.4, -0.2) is 43.5 Å². The second-order valence-electron chi connectivity index (χ2n) is 3.27. The maximum absolute atomic E-state index is 12.0. The third-order valence-corrected chi connectivity index (χ3v) is 2.98. The summed E-state index contributed by atoms with van der Waals surface area (Å²) in [5.41, 5.74) is -5.72. The van der Waals surface area contributed by atoms with Crippen molar-refractivity contribution in [3.8, 4) is 0 Å². The van der Waals surface area contributed by atoms with Gasteiger partial charge in [0.1, 0.15) is 11.9 Å². The van der Waals surface area contributed by atoms with Crippen LogP contribution in [0.25, 0.3) is 0 Å². The van der Waals surface area contributed by atoms with Crippen LogP contribution in [0.15, 0.2) is 11.8 Å². The van der Waals surface area contributed by atoms with Gasteiger partial charge in [-0.2, -0.15) is 21.6 Å². The largest absolute Gasteiger partial charge is 0.548 e. The zero-order chi connectivity index (χ0) is 15.0. The van der Waals surface area contributed by atoms with Crippen LogP contribution in [0.4, 0.5) is 18.0 Å². The molecule has 108 valence electrons. The topological polar surface area (TPSA) is 127 Å². The molecule has 0 aromatic heterocycles. The molecule has 12 heteroatoms. The summed E-state index contributed by atoms with van der Waals surface area (Å²) in [5.74, 6) is -2.97. The monoisotopic (exact) mass is 303 g/mol. The van der Waals surface area contributed by atoms with Gasteiger partial charge in [0, 0.05) is 0 Å². The quantitative estimate of drug-likeness (QED) is 0.417. The van der Waals surface area contributed by atoms with E-state index >= 15 is 0 Å². The van der Waals surface area contributed by atoms with Crippen molar-refractivity contribution >= 4 is 22.2 Å². The minimum atomic E-state index is -6.00. The number of carboxylic acid groups (broad SMARTS) is 2. The predicted molar refractivity (Wildman–Crippen MR) is 45.0 cm³/mol. The van der Waals surface area contributed by atoms with Crippen LogP contribution in [0.3, 0.4) is 0 Å².